The molecule has 3 atom stereocenters. The van der Waals surface area contributed by atoms with Gasteiger partial charge in [-0.3, -0.25) is 9.80 Å². The molecule has 2 unspecified atom stereocenters. The van der Waals surface area contributed by atoms with Crippen LogP contribution in [0.4, 0.5) is 4.39 Å². The van der Waals surface area contributed by atoms with Crippen LogP contribution in [0.3, 0.4) is 0 Å². The third-order valence-electron chi connectivity index (χ3n) is 6.86. The summed E-state index contributed by atoms with van der Waals surface area (Å²) < 4.78 is 14.3. The molecule has 1 aromatic rings. The average molecular weight is 417 g/mol. The van der Waals surface area contributed by atoms with E-state index >= 15 is 0 Å². The summed E-state index contributed by atoms with van der Waals surface area (Å²) in [5, 5.41) is 5.67. The molecule has 166 valence electrons. The Morgan fingerprint density at radius 2 is 1.87 bits per heavy atom. The normalized spacial score (nSPS) is 27.3. The van der Waals surface area contributed by atoms with Crippen molar-refractivity contribution in [3.05, 3.63) is 47.3 Å². The fourth-order valence-electron chi connectivity index (χ4n) is 5.12. The quantitative estimate of drug-likeness (QED) is 0.768. The Bertz CT molecular complexity index is 762. The Hall–Kier alpha value is -2.08. The average Bonchev–Trinajstić information content (AvgIpc) is 3.37. The third kappa shape index (κ3) is 3.94. The van der Waals surface area contributed by atoms with Crippen molar-refractivity contribution in [3.8, 4) is 0 Å². The number of nitrogens with zero attached hydrogens (tertiary/aromatic N) is 2. The van der Waals surface area contributed by atoms with Crippen LogP contribution in [0.5, 0.6) is 0 Å². The number of halogens is 1. The van der Waals surface area contributed by atoms with Gasteiger partial charge in [0.15, 0.2) is 0 Å². The Morgan fingerprint density at radius 1 is 1.20 bits per heavy atom. The summed E-state index contributed by atoms with van der Waals surface area (Å²) in [5.74, 6) is 0.836. The zero-order chi connectivity index (χ0) is 21.9. The van der Waals surface area contributed by atoms with Gasteiger partial charge in [0.2, 0.25) is 0 Å². The molecule has 4 rings (SSSR count). The van der Waals surface area contributed by atoms with E-state index in [2.05, 4.69) is 48.7 Å². The number of hydrogen-bond acceptors (Lipinski definition) is 4. The lowest BCUT2D eigenvalue weighted by molar-refractivity contribution is -0.131. The lowest BCUT2D eigenvalue weighted by atomic mass is 9.89. The molecule has 0 spiro atoms. The molecule has 0 aliphatic carbocycles. The van der Waals surface area contributed by atoms with Crippen molar-refractivity contribution in [1.82, 2.24) is 20.7 Å². The topological polar surface area (TPSA) is 47.6 Å². The van der Waals surface area contributed by atoms with Crippen LogP contribution in [0.15, 0.2) is 41.7 Å². The number of nitrogens with one attached hydrogen (secondary N) is 2. The van der Waals surface area contributed by atoms with Gasteiger partial charge in [-0.1, -0.05) is 58.0 Å². The molecule has 2 N–H and O–H groups in total. The van der Waals surface area contributed by atoms with Crippen LogP contribution in [0.2, 0.25) is 0 Å². The number of carbonyl (C=O) groups excluding carboxylic acids is 1. The maximum absolute atomic E-state index is 14.3. The van der Waals surface area contributed by atoms with Crippen molar-refractivity contribution < 1.29 is 9.18 Å². The number of hydrogen-bond donors (Lipinski definition) is 2. The molecule has 2 saturated heterocycles. The maximum Gasteiger partial charge on any atom is 0.255 e. The van der Waals surface area contributed by atoms with Crippen LogP contribution < -0.4 is 10.7 Å². The summed E-state index contributed by atoms with van der Waals surface area (Å²) in [6, 6.07) is 10.8. The molecule has 1 aromatic carbocycles. The highest BCUT2D eigenvalue weighted by atomic mass is 19.1. The molecule has 0 bridgehead atoms. The molecule has 0 saturated carbocycles. The number of amides is 1. The summed E-state index contributed by atoms with van der Waals surface area (Å²) in [4.78, 5) is 15.3. The highest BCUT2D eigenvalue weighted by Gasteiger charge is 2.48. The molecule has 6 heteroatoms. The van der Waals surface area contributed by atoms with Crippen LogP contribution in [-0.2, 0) is 4.79 Å². The second-order valence-corrected chi connectivity index (χ2v) is 8.37. The number of hydrazine groups is 1. The van der Waals surface area contributed by atoms with E-state index in [4.69, 9.17) is 0 Å². The van der Waals surface area contributed by atoms with E-state index in [0.29, 0.717) is 13.0 Å². The van der Waals surface area contributed by atoms with Gasteiger partial charge in [0.1, 0.15) is 12.0 Å². The smallest absolute Gasteiger partial charge is 0.255 e. The predicted molar refractivity (Wildman–Crippen MR) is 119 cm³/mol. The molecule has 0 radical (unpaired) electrons. The van der Waals surface area contributed by atoms with Crippen LogP contribution in [-0.4, -0.2) is 46.7 Å². The molecular formula is C24H37FN4O. The van der Waals surface area contributed by atoms with Crippen LogP contribution in [0, 0.1) is 0 Å². The van der Waals surface area contributed by atoms with Gasteiger partial charge in [0.05, 0.1) is 18.2 Å². The minimum absolute atomic E-state index is 0.0257. The lowest BCUT2D eigenvalue weighted by Crippen LogP contribution is -2.50. The van der Waals surface area contributed by atoms with Crippen LogP contribution in [0.1, 0.15) is 71.9 Å². The zero-order valence-corrected chi connectivity index (χ0v) is 19.0. The monoisotopic (exact) mass is 416 g/mol. The second kappa shape index (κ2) is 9.38. The largest absolute Gasteiger partial charge is 0.363 e. The van der Waals surface area contributed by atoms with E-state index < -0.39 is 6.17 Å². The third-order valence-corrected chi connectivity index (χ3v) is 6.86. The molecule has 2 fully saturated rings. The van der Waals surface area contributed by atoms with E-state index in [0.717, 1.165) is 30.7 Å². The van der Waals surface area contributed by atoms with Gasteiger partial charge >= 0.3 is 0 Å². The van der Waals surface area contributed by atoms with E-state index in [1.807, 2.05) is 36.9 Å². The minimum atomic E-state index is -0.935. The van der Waals surface area contributed by atoms with Gasteiger partial charge < -0.3 is 10.2 Å². The van der Waals surface area contributed by atoms with Crippen molar-refractivity contribution >= 4 is 5.91 Å². The maximum atomic E-state index is 14.3. The van der Waals surface area contributed by atoms with Gasteiger partial charge in [-0.25, -0.2) is 9.82 Å². The van der Waals surface area contributed by atoms with E-state index in [-0.39, 0.29) is 30.1 Å². The number of alkyl halides is 1. The van der Waals surface area contributed by atoms with Crippen molar-refractivity contribution in [1.29, 1.82) is 0 Å². The van der Waals surface area contributed by atoms with Crippen molar-refractivity contribution in [3.63, 3.8) is 0 Å². The first-order chi connectivity index (χ1) is 14.5. The molecule has 3 heterocycles. The van der Waals surface area contributed by atoms with Gasteiger partial charge in [0, 0.05) is 24.5 Å². The van der Waals surface area contributed by atoms with E-state index in [1.165, 1.54) is 5.56 Å². The molecule has 3 aliphatic heterocycles. The fourth-order valence-corrected chi connectivity index (χ4v) is 5.12. The number of likely N-dealkylation sites (tertiary alicyclic amines) is 1. The lowest BCUT2D eigenvalue weighted by Gasteiger charge is -2.40. The van der Waals surface area contributed by atoms with Gasteiger partial charge in [-0.2, -0.15) is 0 Å². The zero-order valence-electron chi connectivity index (χ0n) is 19.0. The number of carbonyl (C=O) groups is 1. The Morgan fingerprint density at radius 3 is 2.50 bits per heavy atom. The van der Waals surface area contributed by atoms with Gasteiger partial charge in [-0.05, 0) is 31.7 Å². The van der Waals surface area contributed by atoms with Crippen LogP contribution in [0.25, 0.3) is 0 Å². The Balaban J connectivity index is 0.00000124. The number of fused-ring (bicyclic) bond motifs is 1. The standard InChI is InChI=1S/C22H31FN4O.C2H6/c1-4-22(5-2)12-17(23)14-26(22)21(28)18-13-24-27-15(3)11-19(25-20(18)27)16-9-7-6-8-10-16;1-2/h6-10,15,17,19,24-25H,4-5,11-14H2,1-3H3;1-2H3/t15?,17?,19-;/m1./s1. The Labute approximate surface area is 180 Å². The van der Waals surface area contributed by atoms with Crippen molar-refractivity contribution in [2.75, 3.05) is 13.1 Å². The highest BCUT2D eigenvalue weighted by molar-refractivity contribution is 5.95. The summed E-state index contributed by atoms with van der Waals surface area (Å²) in [6.45, 7) is 11.0. The summed E-state index contributed by atoms with van der Waals surface area (Å²) in [5.41, 5.74) is 4.95. The minimum Gasteiger partial charge on any atom is -0.363 e. The molecule has 3 aliphatic rings. The predicted octanol–water partition coefficient (Wildman–Crippen LogP) is 4.30. The second-order valence-electron chi connectivity index (χ2n) is 8.37. The van der Waals surface area contributed by atoms with E-state index in [9.17, 15) is 9.18 Å². The highest BCUT2D eigenvalue weighted by Crippen LogP contribution is 2.39. The summed E-state index contributed by atoms with van der Waals surface area (Å²) in [6.07, 6.45) is 2.03. The van der Waals surface area contributed by atoms with E-state index in [1.54, 1.807) is 0 Å². The fraction of sp³-hybridized carbons (Fsp3) is 0.625. The van der Waals surface area contributed by atoms with Crippen molar-refractivity contribution in [2.24, 2.45) is 0 Å². The number of rotatable bonds is 4. The Kier molecular flexibility index (Phi) is 7.06. The summed E-state index contributed by atoms with van der Waals surface area (Å²) >= 11 is 0. The first-order valence-electron chi connectivity index (χ1n) is 11.5. The molecular weight excluding hydrogens is 379 g/mol. The first-order valence-corrected chi connectivity index (χ1v) is 11.5. The molecule has 5 nitrogen and oxygen atoms in total. The number of benzene rings is 1. The first kappa shape index (κ1) is 22.6. The molecule has 0 aromatic heterocycles. The van der Waals surface area contributed by atoms with Gasteiger partial charge in [-0.15, -0.1) is 0 Å². The molecule has 1 amide bonds. The van der Waals surface area contributed by atoms with Gasteiger partial charge in [0.25, 0.3) is 5.91 Å². The SMILES string of the molecule is CC.CCC1(CC)CC(F)CN1C(=O)C1=C2N[C@@H](c3ccccc3)CC(C)N2NC1. The van der Waals surface area contributed by atoms with Crippen LogP contribution >= 0.6 is 0 Å². The summed E-state index contributed by atoms with van der Waals surface area (Å²) in [7, 11) is 0. The van der Waals surface area contributed by atoms with Crippen molar-refractivity contribution in [2.45, 2.75) is 84.1 Å². The molecule has 30 heavy (non-hydrogen) atoms.